The predicted molar refractivity (Wildman–Crippen MR) is 79.0 cm³/mol. The highest BCUT2D eigenvalue weighted by molar-refractivity contribution is 5.20. The van der Waals surface area contributed by atoms with Crippen molar-refractivity contribution in [2.24, 2.45) is 0 Å². The minimum absolute atomic E-state index is 0.205. The molecule has 2 aromatic rings. The van der Waals surface area contributed by atoms with Gasteiger partial charge in [0.25, 0.3) is 0 Å². The van der Waals surface area contributed by atoms with E-state index < -0.39 is 5.60 Å². The highest BCUT2D eigenvalue weighted by atomic mass is 19.1. The van der Waals surface area contributed by atoms with Crippen LogP contribution in [0.2, 0.25) is 0 Å². The van der Waals surface area contributed by atoms with Crippen molar-refractivity contribution in [3.63, 3.8) is 0 Å². The van der Waals surface area contributed by atoms with Crippen LogP contribution >= 0.6 is 0 Å². The predicted octanol–water partition coefficient (Wildman–Crippen LogP) is 2.70. The van der Waals surface area contributed by atoms with Gasteiger partial charge in [0.05, 0.1) is 5.60 Å². The van der Waals surface area contributed by atoms with Gasteiger partial charge in [-0.3, -0.25) is 9.88 Å². The Bertz CT molecular complexity index is 577. The standard InChI is InChI=1S/C17H19FN2O/c18-16-5-3-14(4-6-16)13-20-10-7-17(21,8-11-20)15-2-1-9-19-12-15/h1-6,9,12,21H,7-8,10-11,13H2. The van der Waals surface area contributed by atoms with Crippen molar-refractivity contribution in [3.8, 4) is 0 Å². The molecule has 0 unspecified atom stereocenters. The molecule has 3 rings (SSSR count). The van der Waals surface area contributed by atoms with Crippen molar-refractivity contribution in [3.05, 3.63) is 65.7 Å². The third-order valence-electron chi connectivity index (χ3n) is 4.20. The summed E-state index contributed by atoms with van der Waals surface area (Å²) in [4.78, 5) is 6.38. The number of halogens is 1. The Morgan fingerprint density at radius 2 is 1.86 bits per heavy atom. The van der Waals surface area contributed by atoms with Gasteiger partial charge in [0.2, 0.25) is 0 Å². The molecular weight excluding hydrogens is 267 g/mol. The molecule has 0 amide bonds. The fourth-order valence-corrected chi connectivity index (χ4v) is 2.86. The fraction of sp³-hybridized carbons (Fsp3) is 0.353. The van der Waals surface area contributed by atoms with Crippen LogP contribution in [-0.2, 0) is 12.1 Å². The van der Waals surface area contributed by atoms with E-state index in [9.17, 15) is 9.50 Å². The number of likely N-dealkylation sites (tertiary alicyclic amines) is 1. The van der Waals surface area contributed by atoms with Gasteiger partial charge in [-0.1, -0.05) is 18.2 Å². The van der Waals surface area contributed by atoms with Crippen LogP contribution in [0.25, 0.3) is 0 Å². The lowest BCUT2D eigenvalue weighted by Crippen LogP contribution is -2.42. The van der Waals surface area contributed by atoms with Crippen LogP contribution in [0.4, 0.5) is 4.39 Å². The molecule has 0 spiro atoms. The van der Waals surface area contributed by atoms with Gasteiger partial charge in [-0.15, -0.1) is 0 Å². The van der Waals surface area contributed by atoms with E-state index in [0.29, 0.717) is 12.8 Å². The first kappa shape index (κ1) is 14.2. The van der Waals surface area contributed by atoms with Crippen LogP contribution in [0.3, 0.4) is 0 Å². The van der Waals surface area contributed by atoms with Crippen LogP contribution in [0, 0.1) is 5.82 Å². The average Bonchev–Trinajstić information content (AvgIpc) is 2.53. The van der Waals surface area contributed by atoms with Gasteiger partial charge in [-0.25, -0.2) is 4.39 Å². The summed E-state index contributed by atoms with van der Waals surface area (Å²) in [6.07, 6.45) is 4.85. The molecule has 1 fully saturated rings. The largest absolute Gasteiger partial charge is 0.385 e. The lowest BCUT2D eigenvalue weighted by molar-refractivity contribution is -0.0279. The highest BCUT2D eigenvalue weighted by Crippen LogP contribution is 2.32. The van der Waals surface area contributed by atoms with Crippen LogP contribution in [-0.4, -0.2) is 28.1 Å². The van der Waals surface area contributed by atoms with Crippen molar-refractivity contribution >= 4 is 0 Å². The molecule has 4 heteroatoms. The molecule has 1 aromatic carbocycles. The Hall–Kier alpha value is -1.78. The summed E-state index contributed by atoms with van der Waals surface area (Å²) in [5.41, 5.74) is 1.22. The molecule has 1 saturated heterocycles. The van der Waals surface area contributed by atoms with E-state index in [2.05, 4.69) is 9.88 Å². The van der Waals surface area contributed by atoms with Gasteiger partial charge in [-0.2, -0.15) is 0 Å². The van der Waals surface area contributed by atoms with E-state index in [1.165, 1.54) is 12.1 Å². The summed E-state index contributed by atoms with van der Waals surface area (Å²) in [6.45, 7) is 2.44. The lowest BCUT2D eigenvalue weighted by atomic mass is 9.85. The number of pyridine rings is 1. The molecule has 2 heterocycles. The summed E-state index contributed by atoms with van der Waals surface area (Å²) in [5.74, 6) is -0.205. The van der Waals surface area contributed by atoms with Crippen LogP contribution in [0.15, 0.2) is 48.8 Å². The first-order valence-electron chi connectivity index (χ1n) is 7.25. The zero-order valence-electron chi connectivity index (χ0n) is 11.9. The van der Waals surface area contributed by atoms with Crippen molar-refractivity contribution in [1.29, 1.82) is 0 Å². The quantitative estimate of drug-likeness (QED) is 0.942. The van der Waals surface area contributed by atoms with Crippen molar-refractivity contribution in [2.45, 2.75) is 25.0 Å². The molecule has 3 nitrogen and oxygen atoms in total. The molecule has 0 bridgehead atoms. The number of hydrogen-bond acceptors (Lipinski definition) is 3. The third-order valence-corrected chi connectivity index (χ3v) is 4.20. The molecule has 0 saturated carbocycles. The second kappa shape index (κ2) is 5.92. The third kappa shape index (κ3) is 3.28. The van der Waals surface area contributed by atoms with Crippen molar-refractivity contribution in [2.75, 3.05) is 13.1 Å². The second-order valence-corrected chi connectivity index (χ2v) is 5.68. The summed E-state index contributed by atoms with van der Waals surface area (Å²) in [6, 6.07) is 10.4. The first-order chi connectivity index (χ1) is 10.2. The SMILES string of the molecule is OC1(c2cccnc2)CCN(Cc2ccc(F)cc2)CC1. The highest BCUT2D eigenvalue weighted by Gasteiger charge is 2.33. The molecule has 110 valence electrons. The lowest BCUT2D eigenvalue weighted by Gasteiger charge is -2.38. The Balaban J connectivity index is 1.61. The number of piperidine rings is 1. The van der Waals surface area contributed by atoms with E-state index in [-0.39, 0.29) is 5.82 Å². The molecule has 21 heavy (non-hydrogen) atoms. The maximum absolute atomic E-state index is 12.9. The molecule has 0 radical (unpaired) electrons. The van der Waals surface area contributed by atoms with Gasteiger partial charge in [0, 0.05) is 37.6 Å². The molecule has 1 aromatic heterocycles. The van der Waals surface area contributed by atoms with Crippen molar-refractivity contribution < 1.29 is 9.50 Å². The summed E-state index contributed by atoms with van der Waals surface area (Å²) < 4.78 is 12.9. The Labute approximate surface area is 124 Å². The normalized spacial score (nSPS) is 18.6. The number of aliphatic hydroxyl groups is 1. The zero-order valence-corrected chi connectivity index (χ0v) is 11.9. The van der Waals surface area contributed by atoms with E-state index in [1.54, 1.807) is 12.4 Å². The molecule has 0 atom stereocenters. The summed E-state index contributed by atoms with van der Waals surface area (Å²) >= 11 is 0. The molecule has 0 aliphatic carbocycles. The van der Waals surface area contributed by atoms with Gasteiger partial charge >= 0.3 is 0 Å². The minimum Gasteiger partial charge on any atom is -0.385 e. The Kier molecular flexibility index (Phi) is 3.99. The monoisotopic (exact) mass is 286 g/mol. The van der Waals surface area contributed by atoms with Gasteiger partial charge in [-0.05, 0) is 36.6 Å². The van der Waals surface area contributed by atoms with Crippen molar-refractivity contribution in [1.82, 2.24) is 9.88 Å². The average molecular weight is 286 g/mol. The van der Waals surface area contributed by atoms with Gasteiger partial charge < -0.3 is 5.11 Å². The second-order valence-electron chi connectivity index (χ2n) is 5.68. The van der Waals surface area contributed by atoms with Crippen LogP contribution in [0.5, 0.6) is 0 Å². The number of nitrogens with zero attached hydrogens (tertiary/aromatic N) is 2. The van der Waals surface area contributed by atoms with Crippen LogP contribution < -0.4 is 0 Å². The topological polar surface area (TPSA) is 36.4 Å². The summed E-state index contributed by atoms with van der Waals surface area (Å²) in [7, 11) is 0. The summed E-state index contributed by atoms with van der Waals surface area (Å²) in [5, 5.41) is 10.7. The van der Waals surface area contributed by atoms with E-state index >= 15 is 0 Å². The zero-order chi connectivity index (χ0) is 14.7. The number of hydrogen-bond donors (Lipinski definition) is 1. The van der Waals surface area contributed by atoms with Crippen LogP contribution in [0.1, 0.15) is 24.0 Å². The number of benzene rings is 1. The minimum atomic E-state index is -0.770. The number of rotatable bonds is 3. The first-order valence-corrected chi connectivity index (χ1v) is 7.25. The maximum Gasteiger partial charge on any atom is 0.123 e. The van der Waals surface area contributed by atoms with E-state index in [1.807, 2.05) is 24.3 Å². The van der Waals surface area contributed by atoms with Gasteiger partial charge in [0.1, 0.15) is 5.82 Å². The Morgan fingerprint density at radius 1 is 1.14 bits per heavy atom. The van der Waals surface area contributed by atoms with E-state index in [0.717, 1.165) is 30.8 Å². The maximum atomic E-state index is 12.9. The molecular formula is C17H19FN2O. The molecule has 1 aliphatic rings. The molecule has 1 aliphatic heterocycles. The van der Waals surface area contributed by atoms with Gasteiger partial charge in [0.15, 0.2) is 0 Å². The Morgan fingerprint density at radius 3 is 2.48 bits per heavy atom. The van der Waals surface area contributed by atoms with E-state index in [4.69, 9.17) is 0 Å². The number of aromatic nitrogens is 1. The smallest absolute Gasteiger partial charge is 0.123 e. The molecule has 1 N–H and O–H groups in total. The fourth-order valence-electron chi connectivity index (χ4n) is 2.86.